The van der Waals surface area contributed by atoms with E-state index < -0.39 is 0 Å². The monoisotopic (exact) mass is 288 g/mol. The quantitative estimate of drug-likeness (QED) is 0.925. The predicted octanol–water partition coefficient (Wildman–Crippen LogP) is 3.32. The summed E-state index contributed by atoms with van der Waals surface area (Å²) in [5.41, 5.74) is 7.22. The van der Waals surface area contributed by atoms with Gasteiger partial charge in [-0.05, 0) is 43.0 Å². The molecule has 1 aliphatic heterocycles. The molecule has 1 aromatic rings. The van der Waals surface area contributed by atoms with Crippen LogP contribution in [-0.4, -0.2) is 24.0 Å². The number of benzene rings is 1. The summed E-state index contributed by atoms with van der Waals surface area (Å²) < 4.78 is 0. The first-order chi connectivity index (χ1) is 8.20. The summed E-state index contributed by atoms with van der Waals surface area (Å²) >= 11 is 5.90. The SMILES string of the molecule is CC1CCCN(Cc2ccc(Cl)cc2)C1CN.Cl. The molecule has 1 heterocycles. The minimum atomic E-state index is 0. The van der Waals surface area contributed by atoms with Gasteiger partial charge in [0.1, 0.15) is 0 Å². The van der Waals surface area contributed by atoms with E-state index in [4.69, 9.17) is 17.3 Å². The van der Waals surface area contributed by atoms with Crippen LogP contribution in [0.1, 0.15) is 25.3 Å². The summed E-state index contributed by atoms with van der Waals surface area (Å²) in [6.07, 6.45) is 2.59. The fraction of sp³-hybridized carbons (Fsp3) is 0.571. The minimum Gasteiger partial charge on any atom is -0.329 e. The van der Waals surface area contributed by atoms with Crippen molar-refractivity contribution in [1.82, 2.24) is 4.90 Å². The molecule has 0 bridgehead atoms. The molecule has 0 aliphatic carbocycles. The van der Waals surface area contributed by atoms with E-state index in [1.165, 1.54) is 18.4 Å². The number of rotatable bonds is 3. The number of hydrogen-bond donors (Lipinski definition) is 1. The van der Waals surface area contributed by atoms with E-state index in [9.17, 15) is 0 Å². The lowest BCUT2D eigenvalue weighted by molar-refractivity contribution is 0.0991. The van der Waals surface area contributed by atoms with Crippen LogP contribution in [0.5, 0.6) is 0 Å². The third-order valence-corrected chi connectivity index (χ3v) is 4.02. The second-order valence-corrected chi connectivity index (χ2v) is 5.46. The lowest BCUT2D eigenvalue weighted by atomic mass is 9.90. The molecule has 102 valence electrons. The summed E-state index contributed by atoms with van der Waals surface area (Å²) in [7, 11) is 0. The van der Waals surface area contributed by atoms with Crippen LogP contribution in [-0.2, 0) is 6.54 Å². The Kier molecular flexibility index (Phi) is 6.44. The van der Waals surface area contributed by atoms with Crippen LogP contribution in [0.15, 0.2) is 24.3 Å². The van der Waals surface area contributed by atoms with Crippen molar-refractivity contribution >= 4 is 24.0 Å². The minimum absolute atomic E-state index is 0. The van der Waals surface area contributed by atoms with E-state index in [0.717, 1.165) is 24.7 Å². The van der Waals surface area contributed by atoms with E-state index in [1.807, 2.05) is 12.1 Å². The van der Waals surface area contributed by atoms with Crippen molar-refractivity contribution in [2.75, 3.05) is 13.1 Å². The molecule has 1 aliphatic rings. The molecule has 18 heavy (non-hydrogen) atoms. The Bertz CT molecular complexity index is 353. The molecule has 1 saturated heterocycles. The van der Waals surface area contributed by atoms with Crippen molar-refractivity contribution in [3.05, 3.63) is 34.9 Å². The Labute approximate surface area is 121 Å². The molecule has 4 heteroatoms. The standard InChI is InChI=1S/C14H21ClN2.ClH/c1-11-3-2-8-17(14(11)9-16)10-12-4-6-13(15)7-5-12;/h4-7,11,14H,2-3,8-10,16H2,1H3;1H. The largest absolute Gasteiger partial charge is 0.329 e. The number of nitrogens with two attached hydrogens (primary N) is 1. The molecule has 1 aromatic carbocycles. The van der Waals surface area contributed by atoms with E-state index >= 15 is 0 Å². The van der Waals surface area contributed by atoms with Gasteiger partial charge >= 0.3 is 0 Å². The molecule has 0 spiro atoms. The first-order valence-electron chi connectivity index (χ1n) is 6.39. The summed E-state index contributed by atoms with van der Waals surface area (Å²) in [4.78, 5) is 2.51. The highest BCUT2D eigenvalue weighted by Gasteiger charge is 2.26. The molecule has 0 aromatic heterocycles. The van der Waals surface area contributed by atoms with Crippen molar-refractivity contribution in [2.45, 2.75) is 32.4 Å². The van der Waals surface area contributed by atoms with Gasteiger partial charge in [-0.15, -0.1) is 12.4 Å². The van der Waals surface area contributed by atoms with Crippen LogP contribution in [0.25, 0.3) is 0 Å². The third kappa shape index (κ3) is 3.86. The van der Waals surface area contributed by atoms with Gasteiger partial charge in [0.2, 0.25) is 0 Å². The molecular formula is C14H22Cl2N2. The van der Waals surface area contributed by atoms with Crippen LogP contribution in [0.3, 0.4) is 0 Å². The summed E-state index contributed by atoms with van der Waals surface area (Å²) in [6.45, 7) is 5.22. The van der Waals surface area contributed by atoms with Crippen LogP contribution < -0.4 is 5.73 Å². The lowest BCUT2D eigenvalue weighted by Gasteiger charge is -2.39. The van der Waals surface area contributed by atoms with Gasteiger partial charge in [0.25, 0.3) is 0 Å². The fourth-order valence-corrected chi connectivity index (χ4v) is 2.86. The Hall–Kier alpha value is -0.280. The molecule has 0 amide bonds. The van der Waals surface area contributed by atoms with Gasteiger partial charge in [0.05, 0.1) is 0 Å². The molecule has 2 nitrogen and oxygen atoms in total. The summed E-state index contributed by atoms with van der Waals surface area (Å²) in [5.74, 6) is 0.709. The predicted molar refractivity (Wildman–Crippen MR) is 80.4 cm³/mol. The topological polar surface area (TPSA) is 29.3 Å². The second kappa shape index (κ2) is 7.34. The van der Waals surface area contributed by atoms with Crippen molar-refractivity contribution in [1.29, 1.82) is 0 Å². The number of hydrogen-bond acceptors (Lipinski definition) is 2. The highest BCUT2D eigenvalue weighted by Crippen LogP contribution is 2.24. The Balaban J connectivity index is 0.00000162. The molecule has 2 atom stereocenters. The fourth-order valence-electron chi connectivity index (χ4n) is 2.74. The molecule has 2 N–H and O–H groups in total. The van der Waals surface area contributed by atoms with Crippen molar-refractivity contribution in [2.24, 2.45) is 11.7 Å². The zero-order valence-electron chi connectivity index (χ0n) is 10.8. The third-order valence-electron chi connectivity index (χ3n) is 3.77. The number of halogens is 2. The van der Waals surface area contributed by atoms with Gasteiger partial charge in [0, 0.05) is 24.2 Å². The Morgan fingerprint density at radius 1 is 1.33 bits per heavy atom. The first-order valence-corrected chi connectivity index (χ1v) is 6.77. The van der Waals surface area contributed by atoms with Gasteiger partial charge < -0.3 is 5.73 Å². The average Bonchev–Trinajstić information content (AvgIpc) is 2.32. The Morgan fingerprint density at radius 3 is 2.61 bits per heavy atom. The molecular weight excluding hydrogens is 267 g/mol. The van der Waals surface area contributed by atoms with Crippen molar-refractivity contribution in [3.63, 3.8) is 0 Å². The highest BCUT2D eigenvalue weighted by atomic mass is 35.5. The van der Waals surface area contributed by atoms with Gasteiger partial charge in [0.15, 0.2) is 0 Å². The number of likely N-dealkylation sites (tertiary alicyclic amines) is 1. The van der Waals surface area contributed by atoms with Gasteiger partial charge in [-0.3, -0.25) is 4.90 Å². The highest BCUT2D eigenvalue weighted by molar-refractivity contribution is 6.30. The molecule has 0 saturated carbocycles. The maximum Gasteiger partial charge on any atom is 0.0406 e. The zero-order valence-corrected chi connectivity index (χ0v) is 12.4. The van der Waals surface area contributed by atoms with E-state index in [1.54, 1.807) is 0 Å². The normalized spacial score (nSPS) is 24.6. The summed E-state index contributed by atoms with van der Waals surface area (Å²) in [5, 5.41) is 0.802. The molecule has 2 unspecified atom stereocenters. The van der Waals surface area contributed by atoms with Gasteiger partial charge in [-0.1, -0.05) is 30.7 Å². The average molecular weight is 289 g/mol. The van der Waals surface area contributed by atoms with Crippen molar-refractivity contribution in [3.8, 4) is 0 Å². The molecule has 2 rings (SSSR count). The van der Waals surface area contributed by atoms with Crippen LogP contribution in [0, 0.1) is 5.92 Å². The smallest absolute Gasteiger partial charge is 0.0406 e. The molecule has 0 radical (unpaired) electrons. The maximum atomic E-state index is 5.90. The number of nitrogens with zero attached hydrogens (tertiary/aromatic N) is 1. The van der Waals surface area contributed by atoms with E-state index in [-0.39, 0.29) is 12.4 Å². The summed E-state index contributed by atoms with van der Waals surface area (Å²) in [6, 6.07) is 8.66. The second-order valence-electron chi connectivity index (χ2n) is 5.02. The van der Waals surface area contributed by atoms with Crippen LogP contribution >= 0.6 is 24.0 Å². The zero-order chi connectivity index (χ0) is 12.3. The first kappa shape index (κ1) is 15.8. The van der Waals surface area contributed by atoms with Gasteiger partial charge in [-0.25, -0.2) is 0 Å². The van der Waals surface area contributed by atoms with Crippen LogP contribution in [0.4, 0.5) is 0 Å². The number of piperidine rings is 1. The van der Waals surface area contributed by atoms with Crippen LogP contribution in [0.2, 0.25) is 5.02 Å². The van der Waals surface area contributed by atoms with E-state index in [0.29, 0.717) is 12.0 Å². The van der Waals surface area contributed by atoms with Gasteiger partial charge in [-0.2, -0.15) is 0 Å². The maximum absolute atomic E-state index is 5.90. The van der Waals surface area contributed by atoms with Crippen molar-refractivity contribution < 1.29 is 0 Å². The lowest BCUT2D eigenvalue weighted by Crippen LogP contribution is -2.47. The molecule has 1 fully saturated rings. The Morgan fingerprint density at radius 2 is 2.00 bits per heavy atom. The van der Waals surface area contributed by atoms with E-state index in [2.05, 4.69) is 24.0 Å².